The molecule has 2 atom stereocenters. The van der Waals surface area contributed by atoms with Crippen molar-refractivity contribution >= 4 is 11.6 Å². The fraction of sp³-hybridized carbons (Fsp3) is 0.545. The summed E-state index contributed by atoms with van der Waals surface area (Å²) in [4.78, 5) is 14.0. The molecule has 2 fully saturated rings. The molecule has 1 aromatic carbocycles. The predicted molar refractivity (Wildman–Crippen MR) is 120 cm³/mol. The minimum absolute atomic E-state index is 0.119. The third-order valence-electron chi connectivity index (χ3n) is 5.69. The molecule has 2 unspecified atom stereocenters. The van der Waals surface area contributed by atoms with Crippen molar-refractivity contribution in [1.29, 1.82) is 0 Å². The van der Waals surface area contributed by atoms with Gasteiger partial charge in [-0.2, -0.15) is 9.97 Å². The van der Waals surface area contributed by atoms with Crippen LogP contribution in [-0.2, 0) is 0 Å². The molecule has 1 aromatic heterocycles. The number of nitrogens with zero attached hydrogens (tertiary/aromatic N) is 4. The molecule has 162 valence electrons. The lowest BCUT2D eigenvalue weighted by molar-refractivity contribution is 0.311. The van der Waals surface area contributed by atoms with Crippen LogP contribution in [-0.4, -0.2) is 60.3 Å². The Balaban J connectivity index is 1.56. The maximum atomic E-state index is 6.06. The van der Waals surface area contributed by atoms with Crippen molar-refractivity contribution in [3.8, 4) is 11.8 Å². The molecule has 4 rings (SSSR count). The second kappa shape index (κ2) is 9.16. The van der Waals surface area contributed by atoms with Crippen LogP contribution in [0.5, 0.6) is 11.8 Å². The van der Waals surface area contributed by atoms with Gasteiger partial charge >= 0.3 is 6.01 Å². The topological polar surface area (TPSA) is 77.6 Å². The number of benzene rings is 1. The summed E-state index contributed by atoms with van der Waals surface area (Å²) < 4.78 is 6.06. The van der Waals surface area contributed by atoms with E-state index in [9.17, 15) is 0 Å². The fourth-order valence-corrected chi connectivity index (χ4v) is 3.74. The Hall–Kier alpha value is -2.42. The van der Waals surface area contributed by atoms with Crippen molar-refractivity contribution in [3.05, 3.63) is 35.9 Å². The average molecular weight is 412 g/mol. The highest BCUT2D eigenvalue weighted by atomic mass is 16.5. The minimum atomic E-state index is 0.119. The van der Waals surface area contributed by atoms with Crippen molar-refractivity contribution < 1.29 is 4.74 Å². The molecule has 2 aliphatic heterocycles. The Morgan fingerprint density at radius 3 is 2.43 bits per heavy atom. The minimum Gasteiger partial charge on any atom is -0.424 e. The third kappa shape index (κ3) is 5.19. The molecule has 0 spiro atoms. The Morgan fingerprint density at radius 2 is 1.80 bits per heavy atom. The van der Waals surface area contributed by atoms with E-state index >= 15 is 0 Å². The number of hydrazine groups is 1. The summed E-state index contributed by atoms with van der Waals surface area (Å²) in [6.07, 6.45) is 1.09. The standard InChI is InChI=1S/C22H33N7O/c1-15(2)17-5-7-18(8-6-17)30-22-24-19(23-20-13-16(3)26-27-20)14-21(25-22)29-11-9-28(4)10-12-29/h5-8,14-16,20,26-27H,9-13H2,1-4H3,(H,23,24,25). The van der Waals surface area contributed by atoms with Gasteiger partial charge in [-0.15, -0.1) is 0 Å². The first kappa shape index (κ1) is 20.8. The molecule has 30 heavy (non-hydrogen) atoms. The highest BCUT2D eigenvalue weighted by Gasteiger charge is 2.22. The monoisotopic (exact) mass is 411 g/mol. The van der Waals surface area contributed by atoms with E-state index in [2.05, 4.69) is 70.9 Å². The summed E-state index contributed by atoms with van der Waals surface area (Å²) in [6, 6.07) is 11.0. The van der Waals surface area contributed by atoms with Gasteiger partial charge in [0.15, 0.2) is 0 Å². The first-order valence-corrected chi connectivity index (χ1v) is 10.8. The molecule has 8 nitrogen and oxygen atoms in total. The van der Waals surface area contributed by atoms with Gasteiger partial charge in [0.25, 0.3) is 0 Å². The number of aromatic nitrogens is 2. The summed E-state index contributed by atoms with van der Waals surface area (Å²) in [5.41, 5.74) is 7.78. The first-order valence-electron chi connectivity index (χ1n) is 10.8. The number of anilines is 2. The largest absolute Gasteiger partial charge is 0.424 e. The van der Waals surface area contributed by atoms with Gasteiger partial charge in [0.1, 0.15) is 17.4 Å². The Bertz CT molecular complexity index is 834. The third-order valence-corrected chi connectivity index (χ3v) is 5.69. The number of nitrogens with one attached hydrogen (secondary N) is 3. The molecule has 0 radical (unpaired) electrons. The van der Waals surface area contributed by atoms with Crippen molar-refractivity contribution in [2.75, 3.05) is 43.4 Å². The zero-order chi connectivity index (χ0) is 21.1. The smallest absolute Gasteiger partial charge is 0.325 e. The molecule has 8 heteroatoms. The average Bonchev–Trinajstić information content (AvgIpc) is 3.13. The summed E-state index contributed by atoms with van der Waals surface area (Å²) in [6.45, 7) is 10.4. The molecule has 0 aliphatic carbocycles. The molecule has 0 bridgehead atoms. The Kier molecular flexibility index (Phi) is 6.36. The van der Waals surface area contributed by atoms with Crippen LogP contribution >= 0.6 is 0 Å². The van der Waals surface area contributed by atoms with E-state index in [-0.39, 0.29) is 6.17 Å². The van der Waals surface area contributed by atoms with Crippen LogP contribution in [0.25, 0.3) is 0 Å². The van der Waals surface area contributed by atoms with Gasteiger partial charge < -0.3 is 19.9 Å². The zero-order valence-corrected chi connectivity index (χ0v) is 18.4. The van der Waals surface area contributed by atoms with E-state index in [1.54, 1.807) is 0 Å². The maximum Gasteiger partial charge on any atom is 0.325 e. The molecule has 0 amide bonds. The lowest BCUT2D eigenvalue weighted by Gasteiger charge is -2.33. The quantitative estimate of drug-likeness (QED) is 0.670. The SMILES string of the molecule is CC1CC(Nc2cc(N3CCN(C)CC3)nc(Oc3ccc(C(C)C)cc3)n2)NN1. The van der Waals surface area contributed by atoms with Crippen LogP contribution in [0, 0.1) is 0 Å². The normalized spacial score (nSPS) is 22.5. The van der Waals surface area contributed by atoms with Crippen LogP contribution in [0.3, 0.4) is 0 Å². The van der Waals surface area contributed by atoms with E-state index in [1.807, 2.05) is 18.2 Å². The van der Waals surface area contributed by atoms with Crippen molar-refractivity contribution in [2.45, 2.75) is 45.3 Å². The molecule has 2 saturated heterocycles. The second-order valence-corrected chi connectivity index (χ2v) is 8.63. The van der Waals surface area contributed by atoms with Gasteiger partial charge in [-0.05, 0) is 44.0 Å². The Labute approximate surface area is 179 Å². The Morgan fingerprint density at radius 1 is 1.07 bits per heavy atom. The second-order valence-electron chi connectivity index (χ2n) is 8.63. The lowest BCUT2D eigenvalue weighted by Crippen LogP contribution is -2.45. The van der Waals surface area contributed by atoms with Gasteiger partial charge in [-0.3, -0.25) is 5.43 Å². The zero-order valence-electron chi connectivity index (χ0n) is 18.4. The van der Waals surface area contributed by atoms with Gasteiger partial charge in [0.2, 0.25) is 0 Å². The van der Waals surface area contributed by atoms with E-state index in [0.29, 0.717) is 18.0 Å². The van der Waals surface area contributed by atoms with E-state index in [1.165, 1.54) is 5.56 Å². The van der Waals surface area contributed by atoms with Crippen LogP contribution in [0.2, 0.25) is 0 Å². The molecule has 2 aliphatic rings. The van der Waals surface area contributed by atoms with Crippen molar-refractivity contribution in [1.82, 2.24) is 25.7 Å². The molecular formula is C22H33N7O. The van der Waals surface area contributed by atoms with Crippen LogP contribution < -0.4 is 25.8 Å². The number of hydrogen-bond donors (Lipinski definition) is 3. The summed E-state index contributed by atoms with van der Waals surface area (Å²) >= 11 is 0. The number of rotatable bonds is 6. The van der Waals surface area contributed by atoms with Crippen LogP contribution in [0.4, 0.5) is 11.6 Å². The summed E-state index contributed by atoms with van der Waals surface area (Å²) in [5, 5.41) is 3.47. The summed E-state index contributed by atoms with van der Waals surface area (Å²) in [7, 11) is 2.15. The van der Waals surface area contributed by atoms with E-state index in [0.717, 1.165) is 50.0 Å². The van der Waals surface area contributed by atoms with Gasteiger partial charge in [0.05, 0.1) is 6.17 Å². The molecule has 3 heterocycles. The highest BCUT2D eigenvalue weighted by molar-refractivity contribution is 5.51. The van der Waals surface area contributed by atoms with Crippen molar-refractivity contribution in [2.24, 2.45) is 0 Å². The molecule has 0 saturated carbocycles. The predicted octanol–water partition coefficient (Wildman–Crippen LogP) is 2.77. The number of ether oxygens (including phenoxy) is 1. The lowest BCUT2D eigenvalue weighted by atomic mass is 10.0. The van der Waals surface area contributed by atoms with Crippen molar-refractivity contribution in [3.63, 3.8) is 0 Å². The van der Waals surface area contributed by atoms with Crippen LogP contribution in [0.15, 0.2) is 30.3 Å². The maximum absolute atomic E-state index is 6.06. The molecular weight excluding hydrogens is 378 g/mol. The van der Waals surface area contributed by atoms with Gasteiger partial charge in [-0.25, -0.2) is 5.43 Å². The first-order chi connectivity index (χ1) is 14.5. The number of piperazine rings is 1. The van der Waals surface area contributed by atoms with E-state index < -0.39 is 0 Å². The molecule has 2 aromatic rings. The number of likely N-dealkylation sites (N-methyl/N-ethyl adjacent to an activating group) is 1. The van der Waals surface area contributed by atoms with Gasteiger partial charge in [0, 0.05) is 38.3 Å². The van der Waals surface area contributed by atoms with Crippen LogP contribution in [0.1, 0.15) is 38.7 Å². The highest BCUT2D eigenvalue weighted by Crippen LogP contribution is 2.26. The summed E-state index contributed by atoms with van der Waals surface area (Å²) in [5.74, 6) is 2.89. The number of hydrogen-bond acceptors (Lipinski definition) is 8. The van der Waals surface area contributed by atoms with E-state index in [4.69, 9.17) is 9.72 Å². The molecule has 3 N–H and O–H groups in total. The fourth-order valence-electron chi connectivity index (χ4n) is 3.74. The van der Waals surface area contributed by atoms with Gasteiger partial charge in [-0.1, -0.05) is 26.0 Å².